The van der Waals surface area contributed by atoms with Gasteiger partial charge in [0.2, 0.25) is 0 Å². The summed E-state index contributed by atoms with van der Waals surface area (Å²) in [7, 11) is 0. The molecule has 1 atom stereocenters. The Labute approximate surface area is 94.3 Å². The maximum Gasteiger partial charge on any atom is 0.0247 e. The van der Waals surface area contributed by atoms with E-state index in [9.17, 15) is 0 Å². The molecule has 0 spiro atoms. The molecule has 0 heterocycles. The van der Waals surface area contributed by atoms with Crippen molar-refractivity contribution in [1.29, 1.82) is 0 Å². The van der Waals surface area contributed by atoms with E-state index in [4.69, 9.17) is 5.84 Å². The van der Waals surface area contributed by atoms with Gasteiger partial charge in [-0.05, 0) is 50.9 Å². The molecule has 0 radical (unpaired) electrons. The van der Waals surface area contributed by atoms with Gasteiger partial charge in [0.25, 0.3) is 0 Å². The van der Waals surface area contributed by atoms with E-state index in [0.29, 0.717) is 6.04 Å². The van der Waals surface area contributed by atoms with E-state index >= 15 is 0 Å². The van der Waals surface area contributed by atoms with Gasteiger partial charge in [0, 0.05) is 6.04 Å². The monoisotopic (exact) mass is 210 g/mol. The molecule has 0 saturated heterocycles. The molecular formula is C13H26N2. The Hall–Kier alpha value is -0.340. The van der Waals surface area contributed by atoms with Crippen LogP contribution in [-0.4, -0.2) is 6.04 Å². The number of nitrogens with one attached hydrogen (secondary N) is 1. The molecule has 0 aromatic rings. The summed E-state index contributed by atoms with van der Waals surface area (Å²) >= 11 is 0. The quantitative estimate of drug-likeness (QED) is 0.401. The maximum atomic E-state index is 5.60. The first-order valence-corrected chi connectivity index (χ1v) is 6.36. The Bertz CT molecular complexity index is 197. The zero-order valence-corrected chi connectivity index (χ0v) is 10.3. The van der Waals surface area contributed by atoms with Crippen molar-refractivity contribution in [3.63, 3.8) is 0 Å². The number of hydrogen-bond donors (Lipinski definition) is 2. The molecule has 0 bridgehead atoms. The number of rotatable bonds is 6. The average Bonchev–Trinajstić information content (AvgIpc) is 2.25. The molecule has 0 fully saturated rings. The third-order valence-corrected chi connectivity index (χ3v) is 3.22. The zero-order valence-electron chi connectivity index (χ0n) is 10.3. The summed E-state index contributed by atoms with van der Waals surface area (Å²) in [6, 6.07) is 0.483. The summed E-state index contributed by atoms with van der Waals surface area (Å²) in [5, 5.41) is 0. The summed E-state index contributed by atoms with van der Waals surface area (Å²) in [5.41, 5.74) is 4.58. The van der Waals surface area contributed by atoms with Crippen LogP contribution in [-0.2, 0) is 0 Å². The van der Waals surface area contributed by atoms with Gasteiger partial charge in [-0.3, -0.25) is 11.3 Å². The lowest BCUT2D eigenvalue weighted by molar-refractivity contribution is 0.427. The van der Waals surface area contributed by atoms with Crippen LogP contribution in [0.5, 0.6) is 0 Å². The van der Waals surface area contributed by atoms with Gasteiger partial charge in [0.05, 0.1) is 0 Å². The highest BCUT2D eigenvalue weighted by molar-refractivity contribution is 5.06. The highest BCUT2D eigenvalue weighted by atomic mass is 15.2. The number of nitrogens with two attached hydrogens (primary N) is 1. The van der Waals surface area contributed by atoms with Crippen LogP contribution in [0.4, 0.5) is 0 Å². The van der Waals surface area contributed by atoms with Crippen LogP contribution in [0, 0.1) is 5.92 Å². The van der Waals surface area contributed by atoms with E-state index in [2.05, 4.69) is 25.3 Å². The standard InChI is InChI=1S/C13H26N2/c1-11(2)8-9-13(15-14)10-12-6-4-3-5-7-12/h6,11,13,15H,3-5,7-10,14H2,1-2H3. The molecule has 0 amide bonds. The lowest BCUT2D eigenvalue weighted by Gasteiger charge is -2.20. The van der Waals surface area contributed by atoms with Gasteiger partial charge in [-0.15, -0.1) is 0 Å². The van der Waals surface area contributed by atoms with E-state index in [-0.39, 0.29) is 0 Å². The van der Waals surface area contributed by atoms with E-state index in [1.807, 2.05) is 0 Å². The summed E-state index contributed by atoms with van der Waals surface area (Å²) in [5.74, 6) is 6.38. The average molecular weight is 210 g/mol. The van der Waals surface area contributed by atoms with Crippen LogP contribution in [0.15, 0.2) is 11.6 Å². The number of allylic oxidation sites excluding steroid dienone is 1. The van der Waals surface area contributed by atoms with Gasteiger partial charge in [-0.1, -0.05) is 25.5 Å². The van der Waals surface area contributed by atoms with Crippen LogP contribution in [0.2, 0.25) is 0 Å². The highest BCUT2D eigenvalue weighted by Gasteiger charge is 2.11. The van der Waals surface area contributed by atoms with Crippen molar-refractivity contribution in [1.82, 2.24) is 5.43 Å². The fourth-order valence-electron chi connectivity index (χ4n) is 2.19. The molecule has 1 rings (SSSR count). The van der Waals surface area contributed by atoms with Gasteiger partial charge in [0.1, 0.15) is 0 Å². The Balaban J connectivity index is 2.28. The molecule has 1 unspecified atom stereocenters. The normalized spacial score (nSPS) is 19.1. The molecule has 0 aromatic carbocycles. The number of hydrogen-bond acceptors (Lipinski definition) is 2. The van der Waals surface area contributed by atoms with Gasteiger partial charge in [-0.2, -0.15) is 0 Å². The van der Waals surface area contributed by atoms with Crippen LogP contribution in [0.1, 0.15) is 58.8 Å². The van der Waals surface area contributed by atoms with Gasteiger partial charge in [-0.25, -0.2) is 0 Å². The van der Waals surface area contributed by atoms with E-state index in [0.717, 1.165) is 12.3 Å². The predicted molar refractivity (Wildman–Crippen MR) is 66.4 cm³/mol. The van der Waals surface area contributed by atoms with Crippen molar-refractivity contribution in [3.05, 3.63) is 11.6 Å². The minimum absolute atomic E-state index is 0.483. The fourth-order valence-corrected chi connectivity index (χ4v) is 2.19. The lowest BCUT2D eigenvalue weighted by Crippen LogP contribution is -2.35. The molecule has 0 aromatic heterocycles. The minimum atomic E-state index is 0.483. The van der Waals surface area contributed by atoms with Gasteiger partial charge < -0.3 is 0 Å². The Kier molecular flexibility index (Phi) is 5.96. The zero-order chi connectivity index (χ0) is 11.1. The summed E-state index contributed by atoms with van der Waals surface area (Å²) in [6.07, 6.45) is 11.3. The largest absolute Gasteiger partial charge is 0.271 e. The predicted octanol–water partition coefficient (Wildman–Crippen LogP) is 3.15. The molecule has 0 saturated carbocycles. The fraction of sp³-hybridized carbons (Fsp3) is 0.846. The van der Waals surface area contributed by atoms with Crippen molar-refractivity contribution in [3.8, 4) is 0 Å². The Morgan fingerprint density at radius 2 is 2.13 bits per heavy atom. The molecule has 0 aliphatic heterocycles. The van der Waals surface area contributed by atoms with Crippen molar-refractivity contribution in [2.24, 2.45) is 11.8 Å². The van der Waals surface area contributed by atoms with Crippen LogP contribution in [0.3, 0.4) is 0 Å². The van der Waals surface area contributed by atoms with E-state index in [1.165, 1.54) is 38.5 Å². The third-order valence-electron chi connectivity index (χ3n) is 3.22. The first kappa shape index (κ1) is 12.7. The van der Waals surface area contributed by atoms with E-state index in [1.54, 1.807) is 5.57 Å². The molecule has 3 N–H and O–H groups in total. The molecule has 15 heavy (non-hydrogen) atoms. The first-order valence-electron chi connectivity index (χ1n) is 6.36. The van der Waals surface area contributed by atoms with Crippen molar-refractivity contribution >= 4 is 0 Å². The maximum absolute atomic E-state index is 5.60. The first-order chi connectivity index (χ1) is 7.22. The molecule has 2 heteroatoms. The number of hydrazine groups is 1. The molecule has 1 aliphatic rings. The molecular weight excluding hydrogens is 184 g/mol. The highest BCUT2D eigenvalue weighted by Crippen LogP contribution is 2.22. The van der Waals surface area contributed by atoms with E-state index < -0.39 is 0 Å². The Morgan fingerprint density at radius 1 is 1.33 bits per heavy atom. The second kappa shape index (κ2) is 7.02. The van der Waals surface area contributed by atoms with Crippen molar-refractivity contribution < 1.29 is 0 Å². The summed E-state index contributed by atoms with van der Waals surface area (Å²) in [6.45, 7) is 4.54. The van der Waals surface area contributed by atoms with Crippen molar-refractivity contribution in [2.75, 3.05) is 0 Å². The van der Waals surface area contributed by atoms with Crippen LogP contribution in [0.25, 0.3) is 0 Å². The second-order valence-corrected chi connectivity index (χ2v) is 5.15. The van der Waals surface area contributed by atoms with Crippen LogP contribution < -0.4 is 11.3 Å². The second-order valence-electron chi connectivity index (χ2n) is 5.15. The van der Waals surface area contributed by atoms with Crippen molar-refractivity contribution in [2.45, 2.75) is 64.8 Å². The van der Waals surface area contributed by atoms with Gasteiger partial charge >= 0.3 is 0 Å². The SMILES string of the molecule is CC(C)CCC(CC1=CCCCC1)NN. The molecule has 2 nitrogen and oxygen atoms in total. The smallest absolute Gasteiger partial charge is 0.0247 e. The topological polar surface area (TPSA) is 38.0 Å². The summed E-state index contributed by atoms with van der Waals surface area (Å²) in [4.78, 5) is 0. The minimum Gasteiger partial charge on any atom is -0.271 e. The molecule has 1 aliphatic carbocycles. The lowest BCUT2D eigenvalue weighted by atomic mass is 9.92. The summed E-state index contributed by atoms with van der Waals surface area (Å²) < 4.78 is 0. The Morgan fingerprint density at radius 3 is 2.67 bits per heavy atom. The molecule has 88 valence electrons. The van der Waals surface area contributed by atoms with Gasteiger partial charge in [0.15, 0.2) is 0 Å². The third kappa shape index (κ3) is 5.33. The van der Waals surface area contributed by atoms with Crippen LogP contribution >= 0.6 is 0 Å².